The van der Waals surface area contributed by atoms with Crippen molar-refractivity contribution in [3.05, 3.63) is 18.2 Å². The molecule has 19 heavy (non-hydrogen) atoms. The van der Waals surface area contributed by atoms with Crippen molar-refractivity contribution in [2.45, 2.75) is 18.9 Å². The summed E-state index contributed by atoms with van der Waals surface area (Å²) in [6.07, 6.45) is 0.694. The zero-order valence-corrected chi connectivity index (χ0v) is 12.0. The topological polar surface area (TPSA) is 60.0 Å². The minimum atomic E-state index is -0.330. The van der Waals surface area contributed by atoms with Crippen LogP contribution in [0, 0.1) is 0 Å². The number of benzene rings is 1. The van der Waals surface area contributed by atoms with Crippen molar-refractivity contribution in [3.8, 4) is 17.2 Å². The lowest BCUT2D eigenvalue weighted by atomic mass is 10.0. The quantitative estimate of drug-likeness (QED) is 0.748. The second-order valence-corrected chi connectivity index (χ2v) is 4.62. The Kier molecular flexibility index (Phi) is 5.92. The zero-order chi connectivity index (χ0) is 14.3. The fraction of sp³-hybridized carbons (Fsp3) is 0.571. The number of aliphatic hydroxyl groups is 1. The Labute approximate surface area is 114 Å². The predicted octanol–water partition coefficient (Wildman–Crippen LogP) is 1.44. The van der Waals surface area contributed by atoms with Gasteiger partial charge in [0.1, 0.15) is 17.2 Å². The van der Waals surface area contributed by atoms with Gasteiger partial charge in [-0.15, -0.1) is 0 Å². The molecule has 1 unspecified atom stereocenters. The van der Waals surface area contributed by atoms with Crippen molar-refractivity contribution < 1.29 is 19.3 Å². The summed E-state index contributed by atoms with van der Waals surface area (Å²) in [5.74, 6) is 2.06. The highest BCUT2D eigenvalue weighted by atomic mass is 16.5. The molecule has 0 aliphatic carbocycles. The van der Waals surface area contributed by atoms with Gasteiger partial charge in [-0.05, 0) is 14.0 Å². The third-order valence-electron chi connectivity index (χ3n) is 3.20. The van der Waals surface area contributed by atoms with Gasteiger partial charge in [0.15, 0.2) is 0 Å². The molecular weight excluding hydrogens is 246 g/mol. The number of rotatable bonds is 8. The Morgan fingerprint density at radius 2 is 1.63 bits per heavy atom. The van der Waals surface area contributed by atoms with Crippen LogP contribution in [0.5, 0.6) is 17.2 Å². The van der Waals surface area contributed by atoms with Gasteiger partial charge in [0.2, 0.25) is 0 Å². The molecule has 0 radical (unpaired) electrons. The zero-order valence-electron chi connectivity index (χ0n) is 12.0. The molecule has 0 bridgehead atoms. The highest BCUT2D eigenvalue weighted by Crippen LogP contribution is 2.27. The van der Waals surface area contributed by atoms with Gasteiger partial charge >= 0.3 is 0 Å². The Bertz CT molecular complexity index is 369. The van der Waals surface area contributed by atoms with E-state index in [2.05, 4.69) is 5.32 Å². The van der Waals surface area contributed by atoms with Gasteiger partial charge in [-0.1, -0.05) is 0 Å². The van der Waals surface area contributed by atoms with Crippen molar-refractivity contribution >= 4 is 0 Å². The van der Waals surface area contributed by atoms with Crippen LogP contribution in [0.25, 0.3) is 0 Å². The van der Waals surface area contributed by atoms with E-state index < -0.39 is 0 Å². The fourth-order valence-electron chi connectivity index (χ4n) is 1.54. The van der Waals surface area contributed by atoms with Gasteiger partial charge in [-0.2, -0.15) is 0 Å². The van der Waals surface area contributed by atoms with Crippen molar-refractivity contribution in [3.63, 3.8) is 0 Å². The second kappa shape index (κ2) is 7.21. The van der Waals surface area contributed by atoms with Crippen LogP contribution in [0.2, 0.25) is 0 Å². The first-order valence-electron chi connectivity index (χ1n) is 6.22. The summed E-state index contributed by atoms with van der Waals surface area (Å²) in [6, 6.07) is 5.40. The third kappa shape index (κ3) is 4.61. The number of hydrogen-bond acceptors (Lipinski definition) is 5. The van der Waals surface area contributed by atoms with Crippen molar-refractivity contribution in [1.82, 2.24) is 5.32 Å². The van der Waals surface area contributed by atoms with Crippen LogP contribution in [0.1, 0.15) is 13.3 Å². The number of nitrogens with one attached hydrogen (secondary N) is 1. The van der Waals surface area contributed by atoms with Gasteiger partial charge in [0, 0.05) is 30.2 Å². The molecule has 2 N–H and O–H groups in total. The molecule has 1 aromatic carbocycles. The van der Waals surface area contributed by atoms with Gasteiger partial charge in [0.05, 0.1) is 27.4 Å². The maximum absolute atomic E-state index is 9.29. The lowest BCUT2D eigenvalue weighted by molar-refractivity contribution is 0.151. The number of methoxy groups -OCH3 is 2. The molecule has 5 heteroatoms. The Hall–Kier alpha value is -1.46. The molecule has 0 aliphatic rings. The van der Waals surface area contributed by atoms with E-state index in [1.807, 2.05) is 14.0 Å². The summed E-state index contributed by atoms with van der Waals surface area (Å²) in [5.41, 5.74) is -0.330. The summed E-state index contributed by atoms with van der Waals surface area (Å²) in [5, 5.41) is 12.4. The first-order valence-corrected chi connectivity index (χ1v) is 6.22. The summed E-state index contributed by atoms with van der Waals surface area (Å²) >= 11 is 0. The molecule has 5 nitrogen and oxygen atoms in total. The van der Waals surface area contributed by atoms with E-state index >= 15 is 0 Å². The number of aliphatic hydroxyl groups excluding tert-OH is 1. The molecule has 1 aromatic rings. The smallest absolute Gasteiger partial charge is 0.126 e. The van der Waals surface area contributed by atoms with Gasteiger partial charge in [-0.3, -0.25) is 0 Å². The molecule has 1 rings (SSSR count). The summed E-state index contributed by atoms with van der Waals surface area (Å²) in [6.45, 7) is 2.50. The average molecular weight is 269 g/mol. The minimum Gasteiger partial charge on any atom is -0.496 e. The van der Waals surface area contributed by atoms with Crippen molar-refractivity contribution in [2.75, 3.05) is 34.5 Å². The van der Waals surface area contributed by atoms with E-state index in [0.29, 0.717) is 30.3 Å². The molecule has 1 atom stereocenters. The van der Waals surface area contributed by atoms with Crippen LogP contribution in [0.15, 0.2) is 18.2 Å². The molecular formula is C14H23NO4. The first-order chi connectivity index (χ1) is 9.06. The van der Waals surface area contributed by atoms with E-state index in [-0.39, 0.29) is 12.1 Å². The normalized spacial score (nSPS) is 13.7. The van der Waals surface area contributed by atoms with Crippen molar-refractivity contribution in [1.29, 1.82) is 0 Å². The lowest BCUT2D eigenvalue weighted by Gasteiger charge is -2.26. The molecule has 0 saturated carbocycles. The summed E-state index contributed by atoms with van der Waals surface area (Å²) in [7, 11) is 5.02. The molecule has 0 aliphatic heterocycles. The van der Waals surface area contributed by atoms with Gasteiger partial charge in [-0.25, -0.2) is 0 Å². The molecule has 0 aromatic heterocycles. The summed E-state index contributed by atoms with van der Waals surface area (Å²) in [4.78, 5) is 0. The minimum absolute atomic E-state index is 0.0638. The van der Waals surface area contributed by atoms with E-state index in [1.165, 1.54) is 0 Å². The average Bonchev–Trinajstić information content (AvgIpc) is 2.46. The third-order valence-corrected chi connectivity index (χ3v) is 3.20. The molecule has 0 amide bonds. The fourth-order valence-corrected chi connectivity index (χ4v) is 1.54. The highest BCUT2D eigenvalue weighted by Gasteiger charge is 2.20. The highest BCUT2D eigenvalue weighted by molar-refractivity contribution is 5.41. The Balaban J connectivity index is 2.62. The monoisotopic (exact) mass is 269 g/mol. The molecule has 0 spiro atoms. The van der Waals surface area contributed by atoms with Crippen LogP contribution in [0.4, 0.5) is 0 Å². The maximum Gasteiger partial charge on any atom is 0.126 e. The lowest BCUT2D eigenvalue weighted by Crippen LogP contribution is -2.44. The second-order valence-electron chi connectivity index (χ2n) is 4.62. The Morgan fingerprint density at radius 1 is 1.11 bits per heavy atom. The summed E-state index contributed by atoms with van der Waals surface area (Å²) < 4.78 is 16.0. The van der Waals surface area contributed by atoms with Gasteiger partial charge < -0.3 is 24.6 Å². The standard InChI is InChI=1S/C14H23NO4/c1-14(10-16,15-2)5-6-19-13-8-11(17-3)7-12(9-13)18-4/h7-9,15-16H,5-6,10H2,1-4H3. The van der Waals surface area contributed by atoms with E-state index in [9.17, 15) is 5.11 Å². The number of likely N-dealkylation sites (N-methyl/N-ethyl adjacent to an activating group) is 1. The predicted molar refractivity (Wildman–Crippen MR) is 74.2 cm³/mol. The Morgan fingerprint density at radius 3 is 2.05 bits per heavy atom. The molecule has 0 heterocycles. The largest absolute Gasteiger partial charge is 0.496 e. The van der Waals surface area contributed by atoms with Crippen LogP contribution in [-0.2, 0) is 0 Å². The number of ether oxygens (including phenoxy) is 3. The van der Waals surface area contributed by atoms with E-state index in [4.69, 9.17) is 14.2 Å². The first kappa shape index (κ1) is 15.6. The molecule has 108 valence electrons. The molecule has 0 saturated heterocycles. The van der Waals surface area contributed by atoms with Crippen molar-refractivity contribution in [2.24, 2.45) is 0 Å². The SMILES string of the molecule is CNC(C)(CO)CCOc1cc(OC)cc(OC)c1. The van der Waals surface area contributed by atoms with Crippen LogP contribution >= 0.6 is 0 Å². The van der Waals surface area contributed by atoms with E-state index in [0.717, 1.165) is 0 Å². The number of hydrogen-bond donors (Lipinski definition) is 2. The van der Waals surface area contributed by atoms with E-state index in [1.54, 1.807) is 32.4 Å². The maximum atomic E-state index is 9.29. The van der Waals surface area contributed by atoms with Crippen LogP contribution < -0.4 is 19.5 Å². The van der Waals surface area contributed by atoms with Crippen LogP contribution in [0.3, 0.4) is 0 Å². The molecule has 0 fully saturated rings. The van der Waals surface area contributed by atoms with Gasteiger partial charge in [0.25, 0.3) is 0 Å². The van der Waals surface area contributed by atoms with Crippen LogP contribution in [-0.4, -0.2) is 45.1 Å².